The van der Waals surface area contributed by atoms with Crippen LogP contribution in [0.4, 0.5) is 0 Å². The molecule has 96 valence electrons. The van der Waals surface area contributed by atoms with Gasteiger partial charge in [0, 0.05) is 25.4 Å². The van der Waals surface area contributed by atoms with Gasteiger partial charge in [-0.15, -0.1) is 0 Å². The monoisotopic (exact) mass is 236 g/mol. The predicted octanol–water partition coefficient (Wildman–Crippen LogP) is 1.69. The first kappa shape index (κ1) is 12.6. The van der Waals surface area contributed by atoms with Crippen molar-refractivity contribution in [2.24, 2.45) is 12.8 Å². The lowest BCUT2D eigenvalue weighted by molar-refractivity contribution is 0.183. The van der Waals surface area contributed by atoms with Gasteiger partial charge in [0.15, 0.2) is 0 Å². The van der Waals surface area contributed by atoms with Gasteiger partial charge in [0.2, 0.25) is 0 Å². The third-order valence-corrected chi connectivity index (χ3v) is 3.66. The van der Waals surface area contributed by atoms with Gasteiger partial charge in [-0.25, -0.2) is 0 Å². The van der Waals surface area contributed by atoms with E-state index in [2.05, 4.69) is 16.2 Å². The van der Waals surface area contributed by atoms with E-state index in [0.717, 1.165) is 0 Å². The van der Waals surface area contributed by atoms with E-state index in [1.54, 1.807) is 0 Å². The molecule has 4 nitrogen and oxygen atoms in total. The van der Waals surface area contributed by atoms with Crippen molar-refractivity contribution < 1.29 is 0 Å². The maximum Gasteiger partial charge on any atom is 0.0538 e. The van der Waals surface area contributed by atoms with Crippen LogP contribution in [0.1, 0.15) is 43.7 Å². The summed E-state index contributed by atoms with van der Waals surface area (Å²) in [4.78, 5) is 2.54. The smallest absolute Gasteiger partial charge is 0.0538 e. The zero-order valence-electron chi connectivity index (χ0n) is 10.8. The molecule has 1 unspecified atom stereocenters. The molecule has 0 bridgehead atoms. The van der Waals surface area contributed by atoms with Crippen molar-refractivity contribution in [2.45, 2.75) is 38.1 Å². The number of aromatic nitrogens is 2. The molecule has 0 aromatic carbocycles. The Labute approximate surface area is 104 Å². The second-order valence-corrected chi connectivity index (χ2v) is 5.00. The van der Waals surface area contributed by atoms with Crippen LogP contribution < -0.4 is 5.73 Å². The highest BCUT2D eigenvalue weighted by molar-refractivity contribution is 5.11. The van der Waals surface area contributed by atoms with Crippen LogP contribution in [0.5, 0.6) is 0 Å². The van der Waals surface area contributed by atoms with E-state index in [0.29, 0.717) is 12.6 Å². The summed E-state index contributed by atoms with van der Waals surface area (Å²) in [5.41, 5.74) is 7.22. The molecule has 1 aliphatic heterocycles. The van der Waals surface area contributed by atoms with Crippen LogP contribution in [-0.4, -0.2) is 34.3 Å². The van der Waals surface area contributed by atoms with Crippen molar-refractivity contribution in [1.82, 2.24) is 14.7 Å². The first-order chi connectivity index (χ1) is 8.31. The Kier molecular flexibility index (Phi) is 4.57. The highest BCUT2D eigenvalue weighted by Gasteiger charge is 2.20. The molecule has 1 fully saturated rings. The van der Waals surface area contributed by atoms with E-state index >= 15 is 0 Å². The molecule has 0 aliphatic carbocycles. The topological polar surface area (TPSA) is 47.1 Å². The lowest BCUT2D eigenvalue weighted by atomic mass is 10.0. The van der Waals surface area contributed by atoms with E-state index < -0.39 is 0 Å². The Morgan fingerprint density at radius 2 is 1.88 bits per heavy atom. The molecule has 1 aromatic heterocycles. The predicted molar refractivity (Wildman–Crippen MR) is 69.7 cm³/mol. The molecule has 1 aromatic rings. The van der Waals surface area contributed by atoms with E-state index in [1.807, 2.05) is 17.9 Å². The first-order valence-corrected chi connectivity index (χ1v) is 6.74. The van der Waals surface area contributed by atoms with Crippen LogP contribution in [-0.2, 0) is 7.05 Å². The molecule has 1 atom stereocenters. The van der Waals surface area contributed by atoms with Crippen molar-refractivity contribution in [3.8, 4) is 0 Å². The quantitative estimate of drug-likeness (QED) is 0.868. The molecule has 17 heavy (non-hydrogen) atoms. The highest BCUT2D eigenvalue weighted by Crippen LogP contribution is 2.22. The van der Waals surface area contributed by atoms with E-state index in [4.69, 9.17) is 5.73 Å². The fourth-order valence-electron chi connectivity index (χ4n) is 2.69. The minimum atomic E-state index is 0.349. The van der Waals surface area contributed by atoms with Gasteiger partial charge in [0.25, 0.3) is 0 Å². The van der Waals surface area contributed by atoms with Gasteiger partial charge >= 0.3 is 0 Å². The first-order valence-electron chi connectivity index (χ1n) is 6.74. The van der Waals surface area contributed by atoms with Crippen LogP contribution in [0.15, 0.2) is 12.4 Å². The highest BCUT2D eigenvalue weighted by atomic mass is 15.3. The van der Waals surface area contributed by atoms with Crippen molar-refractivity contribution >= 4 is 0 Å². The second-order valence-electron chi connectivity index (χ2n) is 5.00. The third kappa shape index (κ3) is 3.30. The fourth-order valence-corrected chi connectivity index (χ4v) is 2.69. The van der Waals surface area contributed by atoms with E-state index in [-0.39, 0.29) is 0 Å². The summed E-state index contributed by atoms with van der Waals surface area (Å²) in [5, 5.41) is 4.26. The zero-order chi connectivity index (χ0) is 12.1. The Morgan fingerprint density at radius 3 is 2.41 bits per heavy atom. The van der Waals surface area contributed by atoms with E-state index in [9.17, 15) is 0 Å². The Hall–Kier alpha value is -0.870. The second kappa shape index (κ2) is 6.17. The molecule has 1 aliphatic rings. The van der Waals surface area contributed by atoms with Crippen LogP contribution in [0.2, 0.25) is 0 Å². The van der Waals surface area contributed by atoms with Gasteiger partial charge in [-0.1, -0.05) is 19.3 Å². The third-order valence-electron chi connectivity index (χ3n) is 3.66. The molecule has 0 saturated carbocycles. The minimum absolute atomic E-state index is 0.349. The average molecular weight is 236 g/mol. The number of nitrogens with two attached hydrogens (primary N) is 1. The lowest BCUT2D eigenvalue weighted by Crippen LogP contribution is -2.35. The van der Waals surface area contributed by atoms with Gasteiger partial charge in [-0.2, -0.15) is 5.10 Å². The molecule has 0 radical (unpaired) electrons. The molecule has 2 rings (SSSR count). The Morgan fingerprint density at radius 1 is 1.24 bits per heavy atom. The molecule has 4 heteroatoms. The summed E-state index contributed by atoms with van der Waals surface area (Å²) in [7, 11) is 1.96. The maximum absolute atomic E-state index is 5.96. The van der Waals surface area contributed by atoms with Crippen molar-refractivity contribution in [2.75, 3.05) is 19.6 Å². The van der Waals surface area contributed by atoms with Gasteiger partial charge < -0.3 is 5.73 Å². The normalized spacial score (nSPS) is 20.8. The lowest BCUT2D eigenvalue weighted by Gasteiger charge is -2.31. The SMILES string of the molecule is Cn1cc(C(CN)N2CCCCCCC2)cn1. The molecule has 0 amide bonds. The molecule has 2 heterocycles. The van der Waals surface area contributed by atoms with Gasteiger partial charge in [-0.05, 0) is 25.9 Å². The number of nitrogens with zero attached hydrogens (tertiary/aromatic N) is 3. The molecule has 1 saturated heterocycles. The van der Waals surface area contributed by atoms with Gasteiger partial charge in [0.1, 0.15) is 0 Å². The summed E-state index contributed by atoms with van der Waals surface area (Å²) >= 11 is 0. The summed E-state index contributed by atoms with van der Waals surface area (Å²) < 4.78 is 1.86. The number of likely N-dealkylation sites (tertiary alicyclic amines) is 1. The standard InChI is InChI=1S/C13H24N4/c1-16-11-12(10-15-16)13(9-14)17-7-5-3-2-4-6-8-17/h10-11,13H,2-9,14H2,1H3. The molecule has 0 spiro atoms. The van der Waals surface area contributed by atoms with Gasteiger partial charge in [0.05, 0.1) is 12.2 Å². The molecule has 2 N–H and O–H groups in total. The summed E-state index contributed by atoms with van der Waals surface area (Å²) in [6.45, 7) is 3.04. The Bertz CT molecular complexity index is 326. The van der Waals surface area contributed by atoms with Crippen molar-refractivity contribution in [3.05, 3.63) is 18.0 Å². The number of rotatable bonds is 3. The van der Waals surface area contributed by atoms with Gasteiger partial charge in [-0.3, -0.25) is 9.58 Å². The summed E-state index contributed by atoms with van der Waals surface area (Å²) in [6, 6.07) is 0.349. The average Bonchev–Trinajstić information content (AvgIpc) is 2.68. The molecular formula is C13H24N4. The van der Waals surface area contributed by atoms with Crippen molar-refractivity contribution in [1.29, 1.82) is 0 Å². The fraction of sp³-hybridized carbons (Fsp3) is 0.769. The van der Waals surface area contributed by atoms with E-state index in [1.165, 1.54) is 50.8 Å². The number of aryl methyl sites for hydroxylation is 1. The van der Waals surface area contributed by atoms with Crippen LogP contribution in [0.3, 0.4) is 0 Å². The maximum atomic E-state index is 5.96. The van der Waals surface area contributed by atoms with Crippen LogP contribution in [0, 0.1) is 0 Å². The Balaban J connectivity index is 2.05. The van der Waals surface area contributed by atoms with Crippen LogP contribution in [0.25, 0.3) is 0 Å². The summed E-state index contributed by atoms with van der Waals surface area (Å²) in [5.74, 6) is 0. The van der Waals surface area contributed by atoms with Crippen molar-refractivity contribution in [3.63, 3.8) is 0 Å². The number of hydrogen-bond acceptors (Lipinski definition) is 3. The largest absolute Gasteiger partial charge is 0.329 e. The minimum Gasteiger partial charge on any atom is -0.329 e. The number of hydrogen-bond donors (Lipinski definition) is 1. The van der Waals surface area contributed by atoms with Crippen LogP contribution >= 0.6 is 0 Å². The summed E-state index contributed by atoms with van der Waals surface area (Å²) in [6.07, 6.45) is 10.8. The zero-order valence-corrected chi connectivity index (χ0v) is 10.8. The molecular weight excluding hydrogens is 212 g/mol.